The molecule has 2 heterocycles. The highest BCUT2D eigenvalue weighted by Crippen LogP contribution is 2.58. The monoisotopic (exact) mass is 650 g/mol. The van der Waals surface area contributed by atoms with Gasteiger partial charge in [-0.1, -0.05) is 140 Å². The Bertz CT molecular complexity index is 3150. The number of nitrogens with zero attached hydrogens (tertiary/aromatic N) is 2. The number of hydrogen-bond acceptors (Lipinski definition) is 1. The SMILES string of the molecule is Cn1c(=O)n2c3ccccc3cc2c2cc(-c3c4c(c(-c5ccccc5)c5ccccc35)-c3ccc(-c5ccccc5)c5cccc-4c35)ccc21. The second-order valence-corrected chi connectivity index (χ2v) is 13.7. The molecule has 2 aromatic heterocycles. The molecule has 0 unspecified atom stereocenters. The van der Waals surface area contributed by atoms with Crippen molar-refractivity contribution in [1.29, 1.82) is 0 Å². The van der Waals surface area contributed by atoms with Crippen molar-refractivity contribution in [3.05, 3.63) is 174 Å². The van der Waals surface area contributed by atoms with Crippen molar-refractivity contribution in [2.45, 2.75) is 0 Å². The maximum atomic E-state index is 13.8. The molecule has 0 radical (unpaired) electrons. The first kappa shape index (κ1) is 28.2. The summed E-state index contributed by atoms with van der Waals surface area (Å²) in [5, 5.41) is 7.11. The maximum Gasteiger partial charge on any atom is 0.333 e. The third-order valence-corrected chi connectivity index (χ3v) is 11.1. The Morgan fingerprint density at radius 3 is 1.76 bits per heavy atom. The van der Waals surface area contributed by atoms with Gasteiger partial charge in [0.25, 0.3) is 0 Å². The molecular formula is C48H30N2O. The molecule has 0 bridgehead atoms. The first-order chi connectivity index (χ1) is 25.2. The summed E-state index contributed by atoms with van der Waals surface area (Å²) < 4.78 is 3.64. The Hall–Kier alpha value is -6.71. The average Bonchev–Trinajstić information content (AvgIpc) is 3.74. The molecule has 0 N–H and O–H groups in total. The highest BCUT2D eigenvalue weighted by atomic mass is 16.1. The van der Waals surface area contributed by atoms with Crippen molar-refractivity contribution in [3.8, 4) is 55.6 Å². The molecule has 0 atom stereocenters. The predicted molar refractivity (Wildman–Crippen MR) is 213 cm³/mol. The third kappa shape index (κ3) is 3.80. The summed E-state index contributed by atoms with van der Waals surface area (Å²) in [5.41, 5.74) is 15.1. The van der Waals surface area contributed by atoms with Gasteiger partial charge in [-0.15, -0.1) is 0 Å². The third-order valence-electron chi connectivity index (χ3n) is 11.1. The van der Waals surface area contributed by atoms with Gasteiger partial charge in [0.05, 0.1) is 16.6 Å². The van der Waals surface area contributed by atoms with Crippen LogP contribution in [0.4, 0.5) is 0 Å². The van der Waals surface area contributed by atoms with Gasteiger partial charge < -0.3 is 0 Å². The van der Waals surface area contributed by atoms with Crippen LogP contribution < -0.4 is 5.69 Å². The van der Waals surface area contributed by atoms with E-state index in [1.54, 1.807) is 4.57 Å². The van der Waals surface area contributed by atoms with Crippen LogP contribution in [-0.4, -0.2) is 8.97 Å². The average molecular weight is 651 g/mol. The molecule has 0 aliphatic heterocycles. The smallest absolute Gasteiger partial charge is 0.296 e. The van der Waals surface area contributed by atoms with Crippen molar-refractivity contribution in [2.24, 2.45) is 7.05 Å². The van der Waals surface area contributed by atoms with Crippen molar-refractivity contribution >= 4 is 48.9 Å². The van der Waals surface area contributed by atoms with E-state index >= 15 is 0 Å². The number of benzene rings is 8. The van der Waals surface area contributed by atoms with Gasteiger partial charge in [-0.3, -0.25) is 8.97 Å². The summed E-state index contributed by atoms with van der Waals surface area (Å²) in [6, 6.07) is 58.9. The summed E-state index contributed by atoms with van der Waals surface area (Å²) in [6.45, 7) is 0. The molecule has 1 aliphatic rings. The maximum absolute atomic E-state index is 13.8. The van der Waals surface area contributed by atoms with Gasteiger partial charge in [0, 0.05) is 17.8 Å². The fourth-order valence-corrected chi connectivity index (χ4v) is 8.88. The van der Waals surface area contributed by atoms with Gasteiger partial charge in [-0.2, -0.15) is 0 Å². The second kappa shape index (κ2) is 10.4. The lowest BCUT2D eigenvalue weighted by Gasteiger charge is -2.21. The minimum absolute atomic E-state index is 0.0404. The molecule has 238 valence electrons. The standard InChI is InChI=1S/C48H30N2O/c1-49-41-26-23-32(27-39(41)42-28-31-17-8-11-22-40(31)50(42)48(49)51)44-36-19-10-9-18-35(36)43(30-15-6-3-7-16-30)47-38-25-24-33(29-13-4-2-5-14-29)34-20-12-21-37(45(34)38)46(44)47/h2-28H,1H3. The van der Waals surface area contributed by atoms with Crippen molar-refractivity contribution in [2.75, 3.05) is 0 Å². The molecule has 3 heteroatoms. The second-order valence-electron chi connectivity index (χ2n) is 13.7. The van der Waals surface area contributed by atoms with Crippen LogP contribution in [0.15, 0.2) is 169 Å². The zero-order chi connectivity index (χ0) is 33.8. The molecule has 3 nitrogen and oxygen atoms in total. The Morgan fingerprint density at radius 1 is 0.392 bits per heavy atom. The van der Waals surface area contributed by atoms with Crippen LogP contribution in [0.5, 0.6) is 0 Å². The summed E-state index contributed by atoms with van der Waals surface area (Å²) in [7, 11) is 1.88. The lowest BCUT2D eigenvalue weighted by atomic mass is 9.82. The molecule has 0 saturated carbocycles. The van der Waals surface area contributed by atoms with Crippen LogP contribution in [0.1, 0.15) is 0 Å². The number of hydrogen-bond donors (Lipinski definition) is 0. The van der Waals surface area contributed by atoms with Gasteiger partial charge >= 0.3 is 5.69 Å². The molecule has 0 fully saturated rings. The molecule has 1 aliphatic carbocycles. The number of fused-ring (bicyclic) bond motifs is 9. The lowest BCUT2D eigenvalue weighted by Crippen LogP contribution is -2.24. The van der Waals surface area contributed by atoms with Crippen molar-refractivity contribution < 1.29 is 0 Å². The minimum atomic E-state index is -0.0404. The molecule has 11 rings (SSSR count). The molecule has 0 amide bonds. The predicted octanol–water partition coefficient (Wildman–Crippen LogP) is 11.9. The van der Waals surface area contributed by atoms with Crippen LogP contribution in [0.25, 0.3) is 105 Å². The molecule has 0 saturated heterocycles. The van der Waals surface area contributed by atoms with E-state index in [1.807, 2.05) is 29.6 Å². The van der Waals surface area contributed by atoms with E-state index in [4.69, 9.17) is 0 Å². The minimum Gasteiger partial charge on any atom is -0.296 e. The Labute approximate surface area is 293 Å². The van der Waals surface area contributed by atoms with Crippen molar-refractivity contribution in [1.82, 2.24) is 8.97 Å². The van der Waals surface area contributed by atoms with E-state index in [9.17, 15) is 4.79 Å². The Balaban J connectivity index is 1.31. The van der Waals surface area contributed by atoms with Crippen molar-refractivity contribution in [3.63, 3.8) is 0 Å². The largest absolute Gasteiger partial charge is 0.333 e. The Morgan fingerprint density at radius 2 is 1.00 bits per heavy atom. The number of aromatic nitrogens is 2. The van der Waals surface area contributed by atoms with Crippen LogP contribution in [0.3, 0.4) is 0 Å². The highest BCUT2D eigenvalue weighted by Gasteiger charge is 2.31. The summed E-state index contributed by atoms with van der Waals surface area (Å²) in [5.74, 6) is 0. The highest BCUT2D eigenvalue weighted by molar-refractivity contribution is 6.29. The molecular weight excluding hydrogens is 621 g/mol. The van der Waals surface area contributed by atoms with Crippen LogP contribution in [0.2, 0.25) is 0 Å². The Kier molecular flexibility index (Phi) is 5.74. The first-order valence-corrected chi connectivity index (χ1v) is 17.5. The fraction of sp³-hybridized carbons (Fsp3) is 0.0208. The van der Waals surface area contributed by atoms with E-state index in [0.29, 0.717) is 0 Å². The number of aryl methyl sites for hydroxylation is 1. The quantitative estimate of drug-likeness (QED) is 0.187. The van der Waals surface area contributed by atoms with Gasteiger partial charge in [0.15, 0.2) is 0 Å². The molecule has 0 spiro atoms. The van der Waals surface area contributed by atoms with Crippen LogP contribution in [0, 0.1) is 0 Å². The first-order valence-electron chi connectivity index (χ1n) is 17.5. The van der Waals surface area contributed by atoms with Crippen LogP contribution in [-0.2, 0) is 7.05 Å². The van der Waals surface area contributed by atoms with Crippen LogP contribution >= 0.6 is 0 Å². The van der Waals surface area contributed by atoms with E-state index < -0.39 is 0 Å². The van der Waals surface area contributed by atoms with E-state index in [-0.39, 0.29) is 5.69 Å². The zero-order valence-electron chi connectivity index (χ0n) is 27.9. The summed E-state index contributed by atoms with van der Waals surface area (Å²) in [6.07, 6.45) is 0. The van der Waals surface area contributed by atoms with Gasteiger partial charge in [0.2, 0.25) is 0 Å². The fourth-order valence-electron chi connectivity index (χ4n) is 8.88. The number of para-hydroxylation sites is 1. The number of rotatable bonds is 3. The van der Waals surface area contributed by atoms with Gasteiger partial charge in [-0.05, 0) is 101 Å². The lowest BCUT2D eigenvalue weighted by molar-refractivity contribution is 0.838. The molecule has 8 aromatic carbocycles. The molecule has 51 heavy (non-hydrogen) atoms. The summed E-state index contributed by atoms with van der Waals surface area (Å²) >= 11 is 0. The molecule has 10 aromatic rings. The normalized spacial score (nSPS) is 12.1. The van der Waals surface area contributed by atoms with E-state index in [1.165, 1.54) is 71.6 Å². The van der Waals surface area contributed by atoms with Gasteiger partial charge in [0.1, 0.15) is 0 Å². The van der Waals surface area contributed by atoms with Gasteiger partial charge in [-0.25, -0.2) is 4.79 Å². The topological polar surface area (TPSA) is 26.4 Å². The van der Waals surface area contributed by atoms with E-state index in [2.05, 4.69) is 146 Å². The summed E-state index contributed by atoms with van der Waals surface area (Å²) in [4.78, 5) is 13.8. The zero-order valence-corrected chi connectivity index (χ0v) is 27.9. The van der Waals surface area contributed by atoms with E-state index in [0.717, 1.165) is 32.9 Å².